The molecule has 3 heteroatoms. The van der Waals surface area contributed by atoms with E-state index in [2.05, 4.69) is 0 Å². The summed E-state index contributed by atoms with van der Waals surface area (Å²) in [7, 11) is 0. The maximum Gasteiger partial charge on any atom is 0.331 e. The third-order valence-corrected chi connectivity index (χ3v) is 2.05. The van der Waals surface area contributed by atoms with Crippen LogP contribution in [-0.4, -0.2) is 23.3 Å². The molecule has 0 aromatic carbocycles. The van der Waals surface area contributed by atoms with Crippen molar-refractivity contribution >= 4 is 5.97 Å². The highest BCUT2D eigenvalue weighted by Gasteiger charge is 2.36. The van der Waals surface area contributed by atoms with Gasteiger partial charge in [0.1, 0.15) is 6.10 Å². The first-order chi connectivity index (χ1) is 5.04. The molecule has 62 valence electrons. The molecule has 0 aliphatic carbocycles. The average Bonchev–Trinajstić information content (AvgIpc) is 2.63. The van der Waals surface area contributed by atoms with E-state index < -0.39 is 5.97 Å². The second-order valence-corrected chi connectivity index (χ2v) is 2.87. The Balaban J connectivity index is 2.71. The number of carboxylic acid groups (broad SMARTS) is 1. The van der Waals surface area contributed by atoms with Crippen LogP contribution in [0.25, 0.3) is 0 Å². The van der Waals surface area contributed by atoms with Gasteiger partial charge < -0.3 is 9.84 Å². The molecule has 0 bridgehead atoms. The maximum absolute atomic E-state index is 10.5. The molecule has 1 fully saturated rings. The second-order valence-electron chi connectivity index (χ2n) is 2.87. The number of hydrogen-bond donors (Lipinski definition) is 1. The molecule has 0 radical (unpaired) electrons. The SMILES string of the molecule is CC(C(=O)O)=C(C)C1OC1C. The fraction of sp³-hybridized carbons (Fsp3) is 0.625. The van der Waals surface area contributed by atoms with E-state index >= 15 is 0 Å². The minimum atomic E-state index is -0.856. The summed E-state index contributed by atoms with van der Waals surface area (Å²) in [6, 6.07) is 0. The third kappa shape index (κ3) is 1.60. The van der Waals surface area contributed by atoms with E-state index in [1.165, 1.54) is 0 Å². The van der Waals surface area contributed by atoms with Crippen LogP contribution in [0.3, 0.4) is 0 Å². The molecular formula is C8H12O3. The number of aliphatic carboxylic acids is 1. The molecule has 3 nitrogen and oxygen atoms in total. The van der Waals surface area contributed by atoms with Crippen molar-refractivity contribution in [1.82, 2.24) is 0 Å². The lowest BCUT2D eigenvalue weighted by Gasteiger charge is -1.97. The van der Waals surface area contributed by atoms with E-state index in [-0.39, 0.29) is 12.2 Å². The van der Waals surface area contributed by atoms with Gasteiger partial charge in [-0.15, -0.1) is 0 Å². The van der Waals surface area contributed by atoms with Gasteiger partial charge in [-0.2, -0.15) is 0 Å². The number of carboxylic acids is 1. The van der Waals surface area contributed by atoms with Crippen LogP contribution >= 0.6 is 0 Å². The van der Waals surface area contributed by atoms with Gasteiger partial charge in [-0.05, 0) is 26.3 Å². The summed E-state index contributed by atoms with van der Waals surface area (Å²) >= 11 is 0. The number of hydrogen-bond acceptors (Lipinski definition) is 2. The van der Waals surface area contributed by atoms with Gasteiger partial charge in [0, 0.05) is 5.57 Å². The van der Waals surface area contributed by atoms with Gasteiger partial charge in [-0.3, -0.25) is 0 Å². The molecule has 0 saturated carbocycles. The molecule has 1 aliphatic rings. The van der Waals surface area contributed by atoms with Crippen molar-refractivity contribution in [1.29, 1.82) is 0 Å². The molecule has 1 rings (SSSR count). The minimum Gasteiger partial charge on any atom is -0.478 e. The zero-order valence-corrected chi connectivity index (χ0v) is 6.92. The van der Waals surface area contributed by atoms with E-state index in [1.807, 2.05) is 6.92 Å². The summed E-state index contributed by atoms with van der Waals surface area (Å²) in [5.74, 6) is -0.856. The van der Waals surface area contributed by atoms with Crippen LogP contribution in [0.2, 0.25) is 0 Å². The topological polar surface area (TPSA) is 49.8 Å². The van der Waals surface area contributed by atoms with Gasteiger partial charge in [0.05, 0.1) is 6.10 Å². The Kier molecular flexibility index (Phi) is 2.00. The Bertz CT molecular complexity index is 217. The van der Waals surface area contributed by atoms with Crippen LogP contribution in [0.15, 0.2) is 11.1 Å². The van der Waals surface area contributed by atoms with Gasteiger partial charge in [-0.25, -0.2) is 4.79 Å². The van der Waals surface area contributed by atoms with Crippen LogP contribution in [0.1, 0.15) is 20.8 Å². The zero-order valence-electron chi connectivity index (χ0n) is 6.92. The maximum atomic E-state index is 10.5. The lowest BCUT2D eigenvalue weighted by atomic mass is 10.1. The number of ether oxygens (including phenoxy) is 1. The number of epoxide rings is 1. The highest BCUT2D eigenvalue weighted by molar-refractivity contribution is 5.87. The normalized spacial score (nSPS) is 31.2. The Morgan fingerprint density at radius 2 is 1.91 bits per heavy atom. The van der Waals surface area contributed by atoms with E-state index in [1.54, 1.807) is 13.8 Å². The van der Waals surface area contributed by atoms with E-state index in [0.717, 1.165) is 5.57 Å². The molecular weight excluding hydrogens is 144 g/mol. The van der Waals surface area contributed by atoms with Gasteiger partial charge in [-0.1, -0.05) is 0 Å². The van der Waals surface area contributed by atoms with Crippen molar-refractivity contribution in [3.8, 4) is 0 Å². The fourth-order valence-electron chi connectivity index (χ4n) is 1.02. The first-order valence-electron chi connectivity index (χ1n) is 3.60. The summed E-state index contributed by atoms with van der Waals surface area (Å²) < 4.78 is 5.13. The smallest absolute Gasteiger partial charge is 0.331 e. The number of carbonyl (C=O) groups is 1. The Labute approximate surface area is 65.7 Å². The number of rotatable bonds is 2. The summed E-state index contributed by atoms with van der Waals surface area (Å²) in [6.07, 6.45) is 0.246. The predicted octanol–water partition coefficient (Wildman–Crippen LogP) is 1.19. The van der Waals surface area contributed by atoms with E-state index in [4.69, 9.17) is 9.84 Å². The fourth-order valence-corrected chi connectivity index (χ4v) is 1.02. The monoisotopic (exact) mass is 156 g/mol. The van der Waals surface area contributed by atoms with E-state index in [0.29, 0.717) is 5.57 Å². The van der Waals surface area contributed by atoms with Crippen molar-refractivity contribution in [2.45, 2.75) is 33.0 Å². The van der Waals surface area contributed by atoms with Crippen LogP contribution in [0.4, 0.5) is 0 Å². The predicted molar refractivity (Wildman–Crippen MR) is 40.3 cm³/mol. The minimum absolute atomic E-state index is 0.0473. The third-order valence-electron chi connectivity index (χ3n) is 2.05. The van der Waals surface area contributed by atoms with Crippen molar-refractivity contribution in [3.63, 3.8) is 0 Å². The Morgan fingerprint density at radius 1 is 1.45 bits per heavy atom. The van der Waals surface area contributed by atoms with Gasteiger partial charge >= 0.3 is 5.97 Å². The second kappa shape index (κ2) is 2.66. The Hall–Kier alpha value is -0.830. The lowest BCUT2D eigenvalue weighted by Crippen LogP contribution is -2.04. The summed E-state index contributed by atoms with van der Waals surface area (Å²) in [6.45, 7) is 5.34. The van der Waals surface area contributed by atoms with Gasteiger partial charge in [0.15, 0.2) is 0 Å². The van der Waals surface area contributed by atoms with Crippen molar-refractivity contribution in [2.24, 2.45) is 0 Å². The molecule has 1 aliphatic heterocycles. The molecule has 0 amide bonds. The van der Waals surface area contributed by atoms with Crippen molar-refractivity contribution in [3.05, 3.63) is 11.1 Å². The quantitative estimate of drug-likeness (QED) is 0.482. The zero-order chi connectivity index (χ0) is 8.59. The van der Waals surface area contributed by atoms with E-state index in [9.17, 15) is 4.79 Å². The lowest BCUT2D eigenvalue weighted by molar-refractivity contribution is -0.132. The summed E-state index contributed by atoms with van der Waals surface area (Å²) in [5, 5.41) is 8.60. The molecule has 11 heavy (non-hydrogen) atoms. The molecule has 1 heterocycles. The molecule has 1 saturated heterocycles. The molecule has 1 N–H and O–H groups in total. The van der Waals surface area contributed by atoms with Crippen LogP contribution in [0.5, 0.6) is 0 Å². The molecule has 0 aromatic rings. The summed E-state index contributed by atoms with van der Waals surface area (Å²) in [5.41, 5.74) is 1.24. The van der Waals surface area contributed by atoms with Crippen LogP contribution in [0, 0.1) is 0 Å². The molecule has 2 unspecified atom stereocenters. The Morgan fingerprint density at radius 3 is 2.18 bits per heavy atom. The first-order valence-corrected chi connectivity index (χ1v) is 3.60. The van der Waals surface area contributed by atoms with Gasteiger partial charge in [0.2, 0.25) is 0 Å². The molecule has 2 atom stereocenters. The van der Waals surface area contributed by atoms with Crippen LogP contribution < -0.4 is 0 Å². The van der Waals surface area contributed by atoms with Crippen molar-refractivity contribution in [2.75, 3.05) is 0 Å². The molecule has 0 spiro atoms. The summed E-state index contributed by atoms with van der Waals surface area (Å²) in [4.78, 5) is 10.5. The highest BCUT2D eigenvalue weighted by atomic mass is 16.6. The first kappa shape index (κ1) is 8.27. The molecule has 0 aromatic heterocycles. The van der Waals surface area contributed by atoms with Crippen LogP contribution in [-0.2, 0) is 9.53 Å². The standard InChI is InChI=1S/C8H12O3/c1-4(5(2)8(9)10)7-6(3)11-7/h6-7H,1-3H3,(H,9,10). The van der Waals surface area contributed by atoms with Crippen molar-refractivity contribution < 1.29 is 14.6 Å². The van der Waals surface area contributed by atoms with Gasteiger partial charge in [0.25, 0.3) is 0 Å². The average molecular weight is 156 g/mol. The largest absolute Gasteiger partial charge is 0.478 e. The highest BCUT2D eigenvalue weighted by Crippen LogP contribution is 2.29.